The molecule has 2 aromatic heterocycles. The number of alkyl halides is 3. The predicted molar refractivity (Wildman–Crippen MR) is 136 cm³/mol. The van der Waals surface area contributed by atoms with Gasteiger partial charge in [-0.05, 0) is 60.9 Å². The minimum absolute atomic E-state index is 0.00581. The molecule has 1 aliphatic carbocycles. The van der Waals surface area contributed by atoms with E-state index in [1.165, 1.54) is 30.5 Å². The molecule has 40 heavy (non-hydrogen) atoms. The number of halogens is 4. The second kappa shape index (κ2) is 10.1. The van der Waals surface area contributed by atoms with Gasteiger partial charge in [0.1, 0.15) is 16.4 Å². The number of pyridine rings is 1. The van der Waals surface area contributed by atoms with Crippen LogP contribution in [0.1, 0.15) is 28.9 Å². The van der Waals surface area contributed by atoms with Crippen molar-refractivity contribution >= 4 is 27.7 Å². The first-order valence-electron chi connectivity index (χ1n) is 12.0. The minimum atomic E-state index is -4.73. The number of benzene rings is 1. The fourth-order valence-corrected chi connectivity index (χ4v) is 6.38. The number of rotatable bonds is 7. The van der Waals surface area contributed by atoms with Crippen LogP contribution in [-0.4, -0.2) is 53.0 Å². The van der Waals surface area contributed by atoms with Crippen molar-refractivity contribution in [2.24, 2.45) is 5.41 Å². The van der Waals surface area contributed by atoms with Crippen LogP contribution in [0.4, 0.5) is 23.2 Å². The summed E-state index contributed by atoms with van der Waals surface area (Å²) in [5.41, 5.74) is -1.45. The lowest BCUT2D eigenvalue weighted by Crippen LogP contribution is -2.52. The smallest absolute Gasteiger partial charge is 0.355 e. The number of Topliss-reactive ketones (excluding diaryl/α,β-unsaturated/α-hetero) is 1. The van der Waals surface area contributed by atoms with Gasteiger partial charge in [0.2, 0.25) is 10.0 Å². The maximum absolute atomic E-state index is 14.1. The summed E-state index contributed by atoms with van der Waals surface area (Å²) in [7, 11) is -4.11. The molecule has 1 atom stereocenters. The monoisotopic (exact) mass is 574 g/mol. The van der Waals surface area contributed by atoms with Crippen LogP contribution in [0.5, 0.6) is 0 Å². The number of hydrogen-bond acceptors (Lipinski definition) is 7. The number of allylic oxidation sites excluding steroid dienone is 2. The van der Waals surface area contributed by atoms with E-state index in [0.29, 0.717) is 28.6 Å². The predicted octanol–water partition coefficient (Wildman–Crippen LogP) is 4.57. The Morgan fingerprint density at radius 1 is 1.20 bits per heavy atom. The molecule has 9 nitrogen and oxygen atoms in total. The average molecular weight is 575 g/mol. The second-order valence-electron chi connectivity index (χ2n) is 9.42. The lowest BCUT2D eigenvalue weighted by molar-refractivity contribution is -0.137. The first-order chi connectivity index (χ1) is 18.9. The molecule has 3 N–H and O–H groups in total. The van der Waals surface area contributed by atoms with Crippen molar-refractivity contribution in [1.82, 2.24) is 19.5 Å². The van der Waals surface area contributed by atoms with Crippen LogP contribution in [-0.2, 0) is 16.2 Å². The maximum Gasteiger partial charge on any atom is 0.416 e. The number of piperidine rings is 1. The summed E-state index contributed by atoms with van der Waals surface area (Å²) in [6.45, 7) is -0.390. The topological polar surface area (TPSA) is 132 Å². The summed E-state index contributed by atoms with van der Waals surface area (Å²) < 4.78 is 81.6. The number of aromatic amines is 1. The molecule has 2 aliphatic rings. The molecular weight excluding hydrogens is 552 g/mol. The molecule has 0 unspecified atom stereocenters. The van der Waals surface area contributed by atoms with Gasteiger partial charge in [0.25, 0.3) is 0 Å². The highest BCUT2D eigenvalue weighted by Crippen LogP contribution is 2.48. The van der Waals surface area contributed by atoms with Gasteiger partial charge in [-0.15, -0.1) is 0 Å². The highest BCUT2D eigenvalue weighted by molar-refractivity contribution is 7.89. The Hall–Kier alpha value is -4.17. The molecule has 1 saturated heterocycles. The van der Waals surface area contributed by atoms with E-state index in [1.54, 1.807) is 6.08 Å². The molecule has 1 aliphatic heterocycles. The largest absolute Gasteiger partial charge is 0.416 e. The van der Waals surface area contributed by atoms with Gasteiger partial charge in [0.05, 0.1) is 17.2 Å². The van der Waals surface area contributed by atoms with Crippen molar-refractivity contribution in [3.8, 4) is 0 Å². The molecule has 0 amide bonds. The van der Waals surface area contributed by atoms with Crippen molar-refractivity contribution in [1.29, 1.82) is 5.41 Å². The summed E-state index contributed by atoms with van der Waals surface area (Å²) >= 11 is 0. The Bertz CT molecular complexity index is 1630. The van der Waals surface area contributed by atoms with Gasteiger partial charge in [-0.1, -0.05) is 5.57 Å². The van der Waals surface area contributed by atoms with E-state index in [9.17, 15) is 30.8 Å². The van der Waals surface area contributed by atoms with E-state index >= 15 is 0 Å². The van der Waals surface area contributed by atoms with Crippen LogP contribution in [0.15, 0.2) is 82.8 Å². The van der Waals surface area contributed by atoms with Gasteiger partial charge in [-0.2, -0.15) is 22.6 Å². The van der Waals surface area contributed by atoms with Crippen molar-refractivity contribution < 1.29 is 30.8 Å². The first kappa shape index (κ1) is 27.4. The SMILES string of the molecule is N=CC1=C(Nc2ccc(F)cc2)C=C2CCN(S(=O)(=O)c3cn[nH]c3)C[C@@]2(C(=O)c2cc(C(F)(F)F)ccn2)C1. The Morgan fingerprint density at radius 2 is 1.95 bits per heavy atom. The van der Waals surface area contributed by atoms with Crippen LogP contribution in [0, 0.1) is 16.6 Å². The first-order valence-corrected chi connectivity index (χ1v) is 13.4. The zero-order chi connectivity index (χ0) is 28.7. The number of carbonyl (C=O) groups is 1. The molecule has 3 aromatic rings. The number of fused-ring (bicyclic) bond motifs is 1. The van der Waals surface area contributed by atoms with Gasteiger partial charge in [0, 0.05) is 43.1 Å². The van der Waals surface area contributed by atoms with Gasteiger partial charge < -0.3 is 10.7 Å². The molecule has 1 fully saturated rings. The van der Waals surface area contributed by atoms with Gasteiger partial charge in [0.15, 0.2) is 5.78 Å². The highest BCUT2D eigenvalue weighted by Gasteiger charge is 2.51. The number of hydrogen-bond donors (Lipinski definition) is 3. The zero-order valence-electron chi connectivity index (χ0n) is 20.7. The molecule has 0 bridgehead atoms. The number of aromatic nitrogens is 3. The van der Waals surface area contributed by atoms with Crippen LogP contribution in [0.25, 0.3) is 0 Å². The van der Waals surface area contributed by atoms with Gasteiger partial charge in [-0.3, -0.25) is 14.9 Å². The van der Waals surface area contributed by atoms with Crippen molar-refractivity contribution in [3.63, 3.8) is 0 Å². The lowest BCUT2D eigenvalue weighted by atomic mass is 9.65. The number of H-pyrrole nitrogens is 1. The minimum Gasteiger partial charge on any atom is -0.355 e. The summed E-state index contributed by atoms with van der Waals surface area (Å²) in [6.07, 6.45) is 0.989. The van der Waals surface area contributed by atoms with E-state index < -0.39 is 44.5 Å². The van der Waals surface area contributed by atoms with Crippen LogP contribution >= 0.6 is 0 Å². The summed E-state index contributed by atoms with van der Waals surface area (Å²) in [4.78, 5) is 17.9. The van der Waals surface area contributed by atoms with Crippen LogP contribution < -0.4 is 5.32 Å². The fourth-order valence-electron chi connectivity index (χ4n) is 4.98. The van der Waals surface area contributed by atoms with Crippen LogP contribution in [0.2, 0.25) is 0 Å². The Labute approximate surface area is 226 Å². The third kappa shape index (κ3) is 4.95. The molecular formula is C26H22F4N6O3S. The Morgan fingerprint density at radius 3 is 2.60 bits per heavy atom. The molecule has 0 spiro atoms. The fraction of sp³-hybridized carbons (Fsp3) is 0.231. The average Bonchev–Trinajstić information content (AvgIpc) is 3.49. The molecule has 1 aromatic carbocycles. The van der Waals surface area contributed by atoms with Gasteiger partial charge >= 0.3 is 6.18 Å². The molecule has 208 valence electrons. The van der Waals surface area contributed by atoms with E-state index in [4.69, 9.17) is 5.41 Å². The normalized spacial score (nSPS) is 20.1. The molecule has 5 rings (SSSR count). The van der Waals surface area contributed by atoms with E-state index in [2.05, 4.69) is 20.5 Å². The number of nitrogens with one attached hydrogen (secondary N) is 3. The summed E-state index contributed by atoms with van der Waals surface area (Å²) in [5, 5.41) is 17.3. The number of carbonyl (C=O) groups excluding carboxylic acids is 1. The van der Waals surface area contributed by atoms with E-state index in [0.717, 1.165) is 29.0 Å². The molecule has 14 heteroatoms. The summed E-state index contributed by atoms with van der Waals surface area (Å²) in [5.74, 6) is -1.24. The van der Waals surface area contributed by atoms with E-state index in [-0.39, 0.29) is 30.8 Å². The van der Waals surface area contributed by atoms with Crippen molar-refractivity contribution in [3.05, 3.63) is 95.0 Å². The third-order valence-electron chi connectivity index (χ3n) is 7.01. The van der Waals surface area contributed by atoms with Gasteiger partial charge in [-0.25, -0.2) is 12.8 Å². The number of nitrogens with zero attached hydrogens (tertiary/aromatic N) is 3. The number of anilines is 1. The molecule has 0 radical (unpaired) electrons. The molecule has 3 heterocycles. The van der Waals surface area contributed by atoms with Crippen molar-refractivity contribution in [2.45, 2.75) is 23.9 Å². The molecule has 0 saturated carbocycles. The maximum atomic E-state index is 14.1. The quantitative estimate of drug-likeness (QED) is 0.215. The number of ketones is 1. The van der Waals surface area contributed by atoms with Crippen molar-refractivity contribution in [2.75, 3.05) is 18.4 Å². The highest BCUT2D eigenvalue weighted by atomic mass is 32.2. The lowest BCUT2D eigenvalue weighted by Gasteiger charge is -2.45. The third-order valence-corrected chi connectivity index (χ3v) is 8.82. The zero-order valence-corrected chi connectivity index (χ0v) is 21.5. The second-order valence-corrected chi connectivity index (χ2v) is 11.4. The summed E-state index contributed by atoms with van der Waals surface area (Å²) in [6, 6.07) is 6.86. The number of sulfonamides is 1. The Kier molecular flexibility index (Phi) is 6.92. The Balaban J connectivity index is 1.60. The van der Waals surface area contributed by atoms with E-state index in [1.807, 2.05) is 0 Å². The standard InChI is InChI=1S/C26H22F4N6O3S/c27-19-1-3-20(4-2-19)35-22-9-17-6-8-36(40(38,39)21-13-33-34-14-21)15-25(17,11-16(22)12-31)24(37)23-10-18(5-7-32-23)26(28,29)30/h1-5,7,9-10,12-14,31,35H,6,8,11,15H2,(H,33,34)/t25-/m0/s1. The van der Waals surface area contributed by atoms with Crippen LogP contribution in [0.3, 0.4) is 0 Å².